The van der Waals surface area contributed by atoms with Gasteiger partial charge < -0.3 is 44.9 Å². The summed E-state index contributed by atoms with van der Waals surface area (Å²) in [5, 5.41) is 33.6. The first-order valence-corrected chi connectivity index (χ1v) is 19.6. The summed E-state index contributed by atoms with van der Waals surface area (Å²) >= 11 is 0. The smallest absolute Gasteiger partial charge is 0.317 e. The first-order valence-electron chi connectivity index (χ1n) is 19.6. The van der Waals surface area contributed by atoms with E-state index in [1.807, 2.05) is 4.90 Å². The van der Waals surface area contributed by atoms with Crippen LogP contribution >= 0.6 is 0 Å². The Morgan fingerprint density at radius 3 is 1.38 bits per heavy atom. The molecule has 1 aliphatic rings. The lowest BCUT2D eigenvalue weighted by molar-refractivity contribution is -0.140. The van der Waals surface area contributed by atoms with Crippen LogP contribution in [-0.2, 0) is 42.9 Å². The van der Waals surface area contributed by atoms with Crippen LogP contribution in [0.15, 0.2) is 0 Å². The number of amides is 2. The fraction of sp³-hybridized carbons (Fsp3) is 0.865. The van der Waals surface area contributed by atoms with Crippen molar-refractivity contribution in [3.8, 4) is 0 Å². The second kappa shape index (κ2) is 28.4. The molecule has 1 saturated heterocycles. The van der Waals surface area contributed by atoms with E-state index in [0.717, 1.165) is 25.7 Å². The number of carbonyl (C=O) groups excluding carboxylic acids is 2. The fourth-order valence-corrected chi connectivity index (χ4v) is 5.81. The van der Waals surface area contributed by atoms with Crippen LogP contribution in [-0.4, -0.2) is 208 Å². The van der Waals surface area contributed by atoms with Gasteiger partial charge in [0.25, 0.3) is 0 Å². The van der Waals surface area contributed by atoms with E-state index in [9.17, 15) is 39.3 Å². The SMILES string of the molecule is CCC(C)(CCOCCOCCNC(=O)CN1CCN(CC(=O)O)CCN(CC(=O)O)CCN(CC(=O)O)CC1)OCCC(C)(CC)OCCCC(=O)NC. The number of aliphatic carboxylic acids is 3. The Hall–Kier alpha value is -2.97. The summed E-state index contributed by atoms with van der Waals surface area (Å²) in [5.74, 6) is -3.25. The number of ether oxygens (including phenoxy) is 4. The van der Waals surface area contributed by atoms with Gasteiger partial charge in [-0.2, -0.15) is 0 Å². The molecule has 1 heterocycles. The number of hydrogen-bond acceptors (Lipinski definition) is 13. The summed E-state index contributed by atoms with van der Waals surface area (Å²) in [7, 11) is 1.63. The molecule has 0 aromatic carbocycles. The average molecular weight is 791 g/mol. The van der Waals surface area contributed by atoms with Gasteiger partial charge in [-0.1, -0.05) is 13.8 Å². The molecule has 0 aliphatic carbocycles. The first kappa shape index (κ1) is 50.0. The van der Waals surface area contributed by atoms with E-state index in [1.165, 1.54) is 0 Å². The molecular formula is C37H70N6O12. The van der Waals surface area contributed by atoms with Crippen LogP contribution in [0.1, 0.15) is 66.2 Å². The molecule has 0 spiro atoms. The normalized spacial score (nSPS) is 18.0. The molecule has 2 atom stereocenters. The van der Waals surface area contributed by atoms with E-state index in [2.05, 4.69) is 38.3 Å². The van der Waals surface area contributed by atoms with Crippen LogP contribution < -0.4 is 10.6 Å². The lowest BCUT2D eigenvalue weighted by atomic mass is 9.97. The van der Waals surface area contributed by atoms with Gasteiger partial charge in [-0.15, -0.1) is 0 Å². The van der Waals surface area contributed by atoms with Crippen LogP contribution in [0.25, 0.3) is 0 Å². The van der Waals surface area contributed by atoms with Crippen LogP contribution in [0.3, 0.4) is 0 Å². The number of carboxylic acid groups (broad SMARTS) is 3. The number of hydrogen-bond donors (Lipinski definition) is 5. The minimum absolute atomic E-state index is 0.0112. The molecule has 320 valence electrons. The third kappa shape index (κ3) is 25.0. The Labute approximate surface area is 327 Å². The molecule has 55 heavy (non-hydrogen) atoms. The van der Waals surface area contributed by atoms with Crippen molar-refractivity contribution in [1.29, 1.82) is 0 Å². The number of carboxylic acids is 3. The van der Waals surface area contributed by atoms with Gasteiger partial charge in [-0.3, -0.25) is 43.6 Å². The lowest BCUT2D eigenvalue weighted by Gasteiger charge is -2.33. The van der Waals surface area contributed by atoms with Crippen LogP contribution in [0, 0.1) is 0 Å². The maximum atomic E-state index is 12.8. The average Bonchev–Trinajstić information content (AvgIpc) is 3.13. The van der Waals surface area contributed by atoms with E-state index in [-0.39, 0.29) is 49.2 Å². The monoisotopic (exact) mass is 791 g/mol. The quantitative estimate of drug-likeness (QED) is 0.0673. The van der Waals surface area contributed by atoms with Gasteiger partial charge in [0.05, 0.1) is 63.8 Å². The predicted octanol–water partition coefficient (Wildman–Crippen LogP) is 0.288. The van der Waals surface area contributed by atoms with Gasteiger partial charge in [-0.25, -0.2) is 0 Å². The highest BCUT2D eigenvalue weighted by Gasteiger charge is 2.27. The zero-order valence-electron chi connectivity index (χ0n) is 34.0. The van der Waals surface area contributed by atoms with Crippen molar-refractivity contribution in [2.24, 2.45) is 0 Å². The van der Waals surface area contributed by atoms with Gasteiger partial charge in [0, 0.05) is 85.6 Å². The van der Waals surface area contributed by atoms with Crippen molar-refractivity contribution >= 4 is 29.7 Å². The highest BCUT2D eigenvalue weighted by molar-refractivity contribution is 5.78. The van der Waals surface area contributed by atoms with Gasteiger partial charge in [-0.05, 0) is 46.0 Å². The van der Waals surface area contributed by atoms with E-state index < -0.39 is 17.9 Å². The molecule has 1 rings (SSSR count). The molecule has 0 bridgehead atoms. The Morgan fingerprint density at radius 2 is 0.964 bits per heavy atom. The Kier molecular flexibility index (Phi) is 25.9. The van der Waals surface area contributed by atoms with Crippen molar-refractivity contribution in [2.75, 3.05) is 132 Å². The molecule has 0 aromatic rings. The van der Waals surface area contributed by atoms with E-state index in [1.54, 1.807) is 21.7 Å². The van der Waals surface area contributed by atoms with Crippen LogP contribution in [0.2, 0.25) is 0 Å². The van der Waals surface area contributed by atoms with Crippen molar-refractivity contribution in [3.63, 3.8) is 0 Å². The highest BCUT2D eigenvalue weighted by Crippen LogP contribution is 2.25. The minimum atomic E-state index is -1.02. The molecule has 1 aliphatic heterocycles. The molecular weight excluding hydrogens is 720 g/mol. The molecule has 18 heteroatoms. The zero-order valence-corrected chi connectivity index (χ0v) is 34.0. The summed E-state index contributed by atoms with van der Waals surface area (Å²) < 4.78 is 23.9. The number of rotatable bonds is 28. The number of nitrogens with one attached hydrogen (secondary N) is 2. The summed E-state index contributed by atoms with van der Waals surface area (Å²) in [4.78, 5) is 65.6. The largest absolute Gasteiger partial charge is 0.480 e. The molecule has 2 amide bonds. The number of nitrogens with zero attached hydrogens (tertiary/aromatic N) is 4. The first-order chi connectivity index (χ1) is 26.1. The summed E-state index contributed by atoms with van der Waals surface area (Å²) in [6.45, 7) is 13.2. The highest BCUT2D eigenvalue weighted by atomic mass is 16.5. The molecule has 18 nitrogen and oxygen atoms in total. The third-order valence-corrected chi connectivity index (χ3v) is 9.94. The second-order valence-corrected chi connectivity index (χ2v) is 14.4. The second-order valence-electron chi connectivity index (χ2n) is 14.4. The standard InChI is InChI=1S/C37H70N6O12/c1-6-36(3,55-23-11-37(4,7-2)54-21-8-9-31(44)38-5)10-22-52-25-26-53-24-12-39-32(45)27-40-13-15-41(28-33(46)47)17-19-43(30-35(50)51)20-18-42(16-14-40)29-34(48)49/h6-30H2,1-5H3,(H,38,44)(H,39,45)(H,46,47)(H,48,49)(H,50,51). The maximum absolute atomic E-state index is 12.8. The van der Waals surface area contributed by atoms with Crippen molar-refractivity contribution in [3.05, 3.63) is 0 Å². The summed E-state index contributed by atoms with van der Waals surface area (Å²) in [5.41, 5.74) is -0.656. The zero-order chi connectivity index (χ0) is 41.1. The minimum Gasteiger partial charge on any atom is -0.480 e. The van der Waals surface area contributed by atoms with Crippen LogP contribution in [0.5, 0.6) is 0 Å². The molecule has 5 N–H and O–H groups in total. The van der Waals surface area contributed by atoms with Gasteiger partial charge in [0.15, 0.2) is 0 Å². The maximum Gasteiger partial charge on any atom is 0.317 e. The number of carbonyl (C=O) groups is 5. The molecule has 2 unspecified atom stereocenters. The van der Waals surface area contributed by atoms with Crippen molar-refractivity contribution in [1.82, 2.24) is 30.2 Å². The van der Waals surface area contributed by atoms with E-state index >= 15 is 0 Å². The Bertz CT molecular complexity index is 1100. The fourth-order valence-electron chi connectivity index (χ4n) is 5.81. The Balaban J connectivity index is 2.44. The molecule has 1 fully saturated rings. The predicted molar refractivity (Wildman–Crippen MR) is 205 cm³/mol. The van der Waals surface area contributed by atoms with Gasteiger partial charge in [0.2, 0.25) is 11.8 Å². The topological polar surface area (TPSA) is 220 Å². The molecule has 0 radical (unpaired) electrons. The molecule has 0 aromatic heterocycles. The Morgan fingerprint density at radius 1 is 0.564 bits per heavy atom. The third-order valence-electron chi connectivity index (χ3n) is 9.94. The van der Waals surface area contributed by atoms with Crippen LogP contribution in [0.4, 0.5) is 0 Å². The van der Waals surface area contributed by atoms with E-state index in [0.29, 0.717) is 111 Å². The van der Waals surface area contributed by atoms with E-state index in [4.69, 9.17) is 18.9 Å². The van der Waals surface area contributed by atoms with Crippen molar-refractivity contribution < 1.29 is 58.2 Å². The van der Waals surface area contributed by atoms with Crippen molar-refractivity contribution in [2.45, 2.75) is 77.4 Å². The summed E-state index contributed by atoms with van der Waals surface area (Å²) in [6, 6.07) is 0. The lowest BCUT2D eigenvalue weighted by Crippen LogP contribution is -2.50. The van der Waals surface area contributed by atoms with Gasteiger partial charge in [0.1, 0.15) is 0 Å². The summed E-state index contributed by atoms with van der Waals surface area (Å²) in [6.07, 6.45) is 4.25. The van der Waals surface area contributed by atoms with Gasteiger partial charge >= 0.3 is 17.9 Å². The molecule has 0 saturated carbocycles.